The summed E-state index contributed by atoms with van der Waals surface area (Å²) in [6.45, 7) is 0.205. The van der Waals surface area contributed by atoms with Gasteiger partial charge in [-0.15, -0.1) is 0 Å². The average molecular weight is 284 g/mol. The van der Waals surface area contributed by atoms with Crippen molar-refractivity contribution in [2.45, 2.75) is 25.4 Å². The van der Waals surface area contributed by atoms with Crippen molar-refractivity contribution in [3.63, 3.8) is 0 Å². The SMILES string of the molecule is O=C(OCc1ccc(F)cc1)C1CC[C@@H]1c1ccccc1. The van der Waals surface area contributed by atoms with Crippen LogP contribution in [0, 0.1) is 11.7 Å². The quantitative estimate of drug-likeness (QED) is 0.791. The third kappa shape index (κ3) is 3.13. The highest BCUT2D eigenvalue weighted by Crippen LogP contribution is 2.43. The van der Waals surface area contributed by atoms with Crippen molar-refractivity contribution < 1.29 is 13.9 Å². The van der Waals surface area contributed by atoms with Crippen LogP contribution in [0.15, 0.2) is 54.6 Å². The van der Waals surface area contributed by atoms with Gasteiger partial charge in [-0.05, 0) is 42.0 Å². The van der Waals surface area contributed by atoms with Crippen LogP contribution in [0.25, 0.3) is 0 Å². The third-order valence-corrected chi connectivity index (χ3v) is 4.10. The van der Waals surface area contributed by atoms with E-state index in [1.807, 2.05) is 18.2 Å². The molecular formula is C18H17FO2. The molecular weight excluding hydrogens is 267 g/mol. The van der Waals surface area contributed by atoms with Gasteiger partial charge in [-0.3, -0.25) is 4.79 Å². The Bertz CT molecular complexity index is 607. The van der Waals surface area contributed by atoms with Gasteiger partial charge in [-0.1, -0.05) is 42.5 Å². The molecule has 0 spiro atoms. The molecule has 1 saturated carbocycles. The lowest BCUT2D eigenvalue weighted by Crippen LogP contribution is -2.32. The van der Waals surface area contributed by atoms with Gasteiger partial charge in [-0.2, -0.15) is 0 Å². The molecule has 1 aliphatic rings. The Kier molecular flexibility index (Phi) is 4.00. The van der Waals surface area contributed by atoms with Gasteiger partial charge in [0.1, 0.15) is 12.4 Å². The van der Waals surface area contributed by atoms with Gasteiger partial charge in [0, 0.05) is 0 Å². The van der Waals surface area contributed by atoms with E-state index in [9.17, 15) is 9.18 Å². The fourth-order valence-electron chi connectivity index (χ4n) is 2.72. The second-order valence-electron chi connectivity index (χ2n) is 5.44. The highest BCUT2D eigenvalue weighted by Gasteiger charge is 2.38. The maximum Gasteiger partial charge on any atom is 0.309 e. The molecule has 2 nitrogen and oxygen atoms in total. The summed E-state index contributed by atoms with van der Waals surface area (Å²) >= 11 is 0. The smallest absolute Gasteiger partial charge is 0.309 e. The van der Waals surface area contributed by atoms with Gasteiger partial charge in [0.2, 0.25) is 0 Å². The molecule has 3 rings (SSSR count). The Morgan fingerprint density at radius 3 is 2.38 bits per heavy atom. The fourth-order valence-corrected chi connectivity index (χ4v) is 2.72. The normalized spacial score (nSPS) is 20.6. The van der Waals surface area contributed by atoms with Crippen molar-refractivity contribution in [1.29, 1.82) is 0 Å². The monoisotopic (exact) mass is 284 g/mol. The number of ether oxygens (including phenoxy) is 1. The van der Waals surface area contributed by atoms with Crippen LogP contribution in [0.1, 0.15) is 29.9 Å². The number of benzene rings is 2. The molecule has 3 heteroatoms. The minimum absolute atomic E-state index is 0.0483. The van der Waals surface area contributed by atoms with Crippen molar-refractivity contribution in [2.24, 2.45) is 5.92 Å². The van der Waals surface area contributed by atoms with Gasteiger partial charge >= 0.3 is 5.97 Å². The van der Waals surface area contributed by atoms with Crippen molar-refractivity contribution >= 4 is 5.97 Å². The molecule has 1 fully saturated rings. The van der Waals surface area contributed by atoms with E-state index in [2.05, 4.69) is 12.1 Å². The zero-order valence-corrected chi connectivity index (χ0v) is 11.7. The first-order valence-corrected chi connectivity index (χ1v) is 7.20. The number of carbonyl (C=O) groups excluding carboxylic acids is 1. The largest absolute Gasteiger partial charge is 0.461 e. The first-order valence-electron chi connectivity index (χ1n) is 7.20. The van der Waals surface area contributed by atoms with E-state index >= 15 is 0 Å². The number of esters is 1. The second kappa shape index (κ2) is 6.08. The topological polar surface area (TPSA) is 26.3 Å². The molecule has 0 N–H and O–H groups in total. The highest BCUT2D eigenvalue weighted by atomic mass is 19.1. The van der Waals surface area contributed by atoms with Gasteiger partial charge in [0.25, 0.3) is 0 Å². The predicted octanol–water partition coefficient (Wildman–Crippen LogP) is 4.06. The standard InChI is InChI=1S/C18H17FO2/c19-15-8-6-13(7-9-15)12-21-18(20)17-11-10-16(17)14-4-2-1-3-5-14/h1-9,16-17H,10-12H2/t16-,17?/m1/s1. The number of carbonyl (C=O) groups is 1. The minimum atomic E-state index is -0.284. The van der Waals surface area contributed by atoms with Crippen LogP contribution in [0.5, 0.6) is 0 Å². The fraction of sp³-hybridized carbons (Fsp3) is 0.278. The molecule has 0 bridgehead atoms. The Hall–Kier alpha value is -2.16. The average Bonchev–Trinajstić information content (AvgIpc) is 2.47. The van der Waals surface area contributed by atoms with Crippen LogP contribution in [0.3, 0.4) is 0 Å². The van der Waals surface area contributed by atoms with Crippen molar-refractivity contribution in [3.05, 3.63) is 71.5 Å². The van der Waals surface area contributed by atoms with E-state index < -0.39 is 0 Å². The highest BCUT2D eigenvalue weighted by molar-refractivity contribution is 5.75. The van der Waals surface area contributed by atoms with Gasteiger partial charge in [0.05, 0.1) is 5.92 Å². The summed E-state index contributed by atoms with van der Waals surface area (Å²) in [7, 11) is 0. The van der Waals surface area contributed by atoms with Crippen LogP contribution >= 0.6 is 0 Å². The van der Waals surface area contributed by atoms with Gasteiger partial charge < -0.3 is 4.74 Å². The number of hydrogen-bond acceptors (Lipinski definition) is 2. The zero-order valence-electron chi connectivity index (χ0n) is 11.7. The van der Waals surface area contributed by atoms with E-state index in [-0.39, 0.29) is 30.2 Å². The van der Waals surface area contributed by atoms with Crippen LogP contribution < -0.4 is 0 Å². The van der Waals surface area contributed by atoms with E-state index in [1.165, 1.54) is 17.7 Å². The molecule has 0 saturated heterocycles. The van der Waals surface area contributed by atoms with Gasteiger partial charge in [0.15, 0.2) is 0 Å². The molecule has 0 aliphatic heterocycles. The number of rotatable bonds is 4. The molecule has 0 radical (unpaired) electrons. The maximum absolute atomic E-state index is 12.8. The Labute approximate surface area is 123 Å². The van der Waals surface area contributed by atoms with E-state index in [4.69, 9.17) is 4.74 Å². The number of halogens is 1. The van der Waals surface area contributed by atoms with Crippen LogP contribution in [0.2, 0.25) is 0 Å². The molecule has 2 aromatic rings. The lowest BCUT2D eigenvalue weighted by molar-refractivity contribution is -0.154. The Balaban J connectivity index is 1.57. The Morgan fingerprint density at radius 2 is 1.76 bits per heavy atom. The molecule has 0 heterocycles. The zero-order chi connectivity index (χ0) is 14.7. The maximum atomic E-state index is 12.8. The molecule has 2 aromatic carbocycles. The van der Waals surface area contributed by atoms with Crippen LogP contribution in [-0.2, 0) is 16.1 Å². The second-order valence-corrected chi connectivity index (χ2v) is 5.44. The Morgan fingerprint density at radius 1 is 1.05 bits per heavy atom. The summed E-state index contributed by atoms with van der Waals surface area (Å²) in [5.74, 6) is -0.215. The molecule has 108 valence electrons. The van der Waals surface area contributed by atoms with Crippen LogP contribution in [0.4, 0.5) is 4.39 Å². The molecule has 0 amide bonds. The molecule has 2 atom stereocenters. The first kappa shape index (κ1) is 13.8. The third-order valence-electron chi connectivity index (χ3n) is 4.10. The summed E-state index contributed by atoms with van der Waals surface area (Å²) in [6, 6.07) is 16.1. The lowest BCUT2D eigenvalue weighted by atomic mass is 9.70. The van der Waals surface area contributed by atoms with Crippen LogP contribution in [-0.4, -0.2) is 5.97 Å². The summed E-state index contributed by atoms with van der Waals surface area (Å²) in [5.41, 5.74) is 2.01. The molecule has 1 unspecified atom stereocenters. The lowest BCUT2D eigenvalue weighted by Gasteiger charge is -2.35. The summed E-state index contributed by atoms with van der Waals surface area (Å²) in [5, 5.41) is 0. The van der Waals surface area contributed by atoms with Crippen molar-refractivity contribution in [2.75, 3.05) is 0 Å². The molecule has 0 aromatic heterocycles. The van der Waals surface area contributed by atoms with Crippen molar-refractivity contribution in [3.8, 4) is 0 Å². The first-order chi connectivity index (χ1) is 10.2. The summed E-state index contributed by atoms with van der Waals surface area (Å²) in [6.07, 6.45) is 1.90. The predicted molar refractivity (Wildman–Crippen MR) is 78.1 cm³/mol. The van der Waals surface area contributed by atoms with Gasteiger partial charge in [-0.25, -0.2) is 4.39 Å². The van der Waals surface area contributed by atoms with E-state index in [0.717, 1.165) is 18.4 Å². The minimum Gasteiger partial charge on any atom is -0.461 e. The molecule has 21 heavy (non-hydrogen) atoms. The van der Waals surface area contributed by atoms with Crippen molar-refractivity contribution in [1.82, 2.24) is 0 Å². The number of hydrogen-bond donors (Lipinski definition) is 0. The van der Waals surface area contributed by atoms with E-state index in [0.29, 0.717) is 0 Å². The molecule has 1 aliphatic carbocycles. The summed E-state index contributed by atoms with van der Waals surface area (Å²) in [4.78, 5) is 12.2. The van der Waals surface area contributed by atoms with E-state index in [1.54, 1.807) is 12.1 Å². The summed E-state index contributed by atoms with van der Waals surface area (Å²) < 4.78 is 18.2.